The summed E-state index contributed by atoms with van der Waals surface area (Å²) in [5.41, 5.74) is -0.937. The molecule has 6 heteroatoms. The molecule has 0 bridgehead atoms. The van der Waals surface area contributed by atoms with Crippen LogP contribution in [0.1, 0.15) is 63.5 Å². The quantitative estimate of drug-likeness (QED) is 0.618. The monoisotopic (exact) mass is 364 g/mol. The van der Waals surface area contributed by atoms with Crippen molar-refractivity contribution in [1.29, 1.82) is 0 Å². The predicted molar refractivity (Wildman–Crippen MR) is 92.4 cm³/mol. The maximum atomic E-state index is 12.5. The fourth-order valence-electron chi connectivity index (χ4n) is 5.26. The van der Waals surface area contributed by atoms with E-state index in [1.165, 1.54) is 0 Å². The minimum atomic E-state index is -1.35. The van der Waals surface area contributed by atoms with Gasteiger partial charge in [0.2, 0.25) is 0 Å². The zero-order valence-corrected chi connectivity index (χ0v) is 16.0. The molecule has 3 aliphatic rings. The van der Waals surface area contributed by atoms with E-state index in [0.717, 1.165) is 23.3 Å². The lowest BCUT2D eigenvalue weighted by molar-refractivity contribution is -0.221. The minimum Gasteiger partial charge on any atom is -0.469 e. The average Bonchev–Trinajstić information content (AvgIpc) is 2.98. The van der Waals surface area contributed by atoms with Crippen molar-refractivity contribution >= 4 is 5.97 Å². The molecule has 0 spiro atoms. The number of carbonyl (C=O) groups is 1. The van der Waals surface area contributed by atoms with Gasteiger partial charge < -0.3 is 24.1 Å². The van der Waals surface area contributed by atoms with Gasteiger partial charge in [-0.2, -0.15) is 0 Å². The number of aliphatic hydroxyl groups excluding tert-OH is 1. The van der Waals surface area contributed by atoms with Gasteiger partial charge in [-0.25, -0.2) is 4.79 Å². The van der Waals surface area contributed by atoms with E-state index in [-0.39, 0.29) is 11.5 Å². The Hall–Kier alpha value is -1.37. The molecule has 1 aromatic heterocycles. The zero-order valence-electron chi connectivity index (χ0n) is 16.0. The number of hydrogen-bond donors (Lipinski definition) is 2. The third-order valence-electron chi connectivity index (χ3n) is 7.08. The number of furan rings is 1. The molecule has 1 aliphatic heterocycles. The van der Waals surface area contributed by atoms with Crippen molar-refractivity contribution in [3.8, 4) is 0 Å². The first-order chi connectivity index (χ1) is 12.0. The smallest absolute Gasteiger partial charge is 0.341 e. The molecule has 0 radical (unpaired) electrons. The highest BCUT2D eigenvalue weighted by Crippen LogP contribution is 2.58. The summed E-state index contributed by atoms with van der Waals surface area (Å²) in [5, 5.41) is 22.5. The number of hydrogen-bond acceptors (Lipinski definition) is 6. The van der Waals surface area contributed by atoms with E-state index < -0.39 is 35.3 Å². The van der Waals surface area contributed by atoms with E-state index in [1.54, 1.807) is 20.1 Å². The standard InChI is InChI=1S/C20H28O6/c1-10-9-24-12-8-18(3)7-6-13(25-17(22)20(5)11(2)26-20)19(4,23)16(18)15(21)14(10)12/h9,11,13,15-16,21,23H,6-8H2,1-5H3. The van der Waals surface area contributed by atoms with E-state index >= 15 is 0 Å². The van der Waals surface area contributed by atoms with Crippen LogP contribution in [0.25, 0.3) is 0 Å². The SMILES string of the molecule is Cc1coc2c1C(O)C1C(C)(CCC(OC(=O)C3(C)OC3C)C1(C)O)C2. The number of ether oxygens (including phenoxy) is 2. The Morgan fingerprint density at radius 3 is 2.62 bits per heavy atom. The molecule has 2 aliphatic carbocycles. The summed E-state index contributed by atoms with van der Waals surface area (Å²) in [5.74, 6) is -0.0900. The summed E-state index contributed by atoms with van der Waals surface area (Å²) >= 11 is 0. The van der Waals surface area contributed by atoms with E-state index in [0.29, 0.717) is 12.8 Å². The van der Waals surface area contributed by atoms with Gasteiger partial charge in [0.15, 0.2) is 5.60 Å². The molecule has 2 N–H and O–H groups in total. The number of esters is 1. The second-order valence-corrected chi connectivity index (χ2v) is 9.03. The van der Waals surface area contributed by atoms with Crippen molar-refractivity contribution < 1.29 is 28.9 Å². The Morgan fingerprint density at radius 2 is 2.00 bits per heavy atom. The lowest BCUT2D eigenvalue weighted by atomic mass is 9.53. The van der Waals surface area contributed by atoms with Crippen LogP contribution in [-0.4, -0.2) is 39.6 Å². The molecule has 144 valence electrons. The van der Waals surface area contributed by atoms with Crippen LogP contribution in [0, 0.1) is 18.3 Å². The summed E-state index contributed by atoms with van der Waals surface area (Å²) < 4.78 is 16.7. The van der Waals surface area contributed by atoms with Crippen molar-refractivity contribution in [3.63, 3.8) is 0 Å². The fourth-order valence-corrected chi connectivity index (χ4v) is 5.26. The van der Waals surface area contributed by atoms with Crippen molar-refractivity contribution in [3.05, 3.63) is 23.2 Å². The highest BCUT2D eigenvalue weighted by molar-refractivity contribution is 5.83. The van der Waals surface area contributed by atoms with Gasteiger partial charge in [0.05, 0.1) is 18.5 Å². The van der Waals surface area contributed by atoms with Gasteiger partial charge in [-0.1, -0.05) is 6.92 Å². The van der Waals surface area contributed by atoms with Gasteiger partial charge in [-0.05, 0) is 51.5 Å². The van der Waals surface area contributed by atoms with Crippen LogP contribution in [-0.2, 0) is 20.7 Å². The molecular formula is C20H28O6. The van der Waals surface area contributed by atoms with Crippen LogP contribution < -0.4 is 0 Å². The maximum absolute atomic E-state index is 12.5. The highest BCUT2D eigenvalue weighted by atomic mass is 16.7. The molecule has 0 amide bonds. The van der Waals surface area contributed by atoms with Gasteiger partial charge in [0.25, 0.3) is 0 Å². The lowest BCUT2D eigenvalue weighted by Gasteiger charge is -2.56. The Labute approximate surface area is 153 Å². The normalized spacial score (nSPS) is 47.0. The van der Waals surface area contributed by atoms with E-state index in [4.69, 9.17) is 13.9 Å². The Kier molecular flexibility index (Phi) is 3.70. The van der Waals surface area contributed by atoms with Crippen LogP contribution in [0.2, 0.25) is 0 Å². The molecule has 1 saturated heterocycles. The number of fused-ring (bicyclic) bond motifs is 2. The molecule has 0 aromatic carbocycles. The first kappa shape index (κ1) is 18.0. The van der Waals surface area contributed by atoms with Crippen molar-refractivity contribution in [2.45, 2.75) is 83.4 Å². The zero-order chi connectivity index (χ0) is 19.1. The van der Waals surface area contributed by atoms with Crippen LogP contribution in [0.15, 0.2) is 10.7 Å². The first-order valence-corrected chi connectivity index (χ1v) is 9.37. The highest BCUT2D eigenvalue weighted by Gasteiger charge is 2.63. The molecule has 4 rings (SSSR count). The van der Waals surface area contributed by atoms with Gasteiger partial charge in [-0.3, -0.25) is 0 Å². The lowest BCUT2D eigenvalue weighted by Crippen LogP contribution is -2.61. The second-order valence-electron chi connectivity index (χ2n) is 9.03. The van der Waals surface area contributed by atoms with Crippen LogP contribution in [0.3, 0.4) is 0 Å². The molecular weight excluding hydrogens is 336 g/mol. The van der Waals surface area contributed by atoms with Crippen molar-refractivity contribution in [2.24, 2.45) is 11.3 Å². The van der Waals surface area contributed by atoms with Crippen molar-refractivity contribution in [2.75, 3.05) is 0 Å². The largest absolute Gasteiger partial charge is 0.469 e. The summed E-state index contributed by atoms with van der Waals surface area (Å²) in [6.45, 7) is 9.18. The van der Waals surface area contributed by atoms with Crippen LogP contribution in [0.5, 0.6) is 0 Å². The summed E-state index contributed by atoms with van der Waals surface area (Å²) in [7, 11) is 0. The van der Waals surface area contributed by atoms with Crippen LogP contribution in [0.4, 0.5) is 0 Å². The summed E-state index contributed by atoms with van der Waals surface area (Å²) in [4.78, 5) is 12.5. The number of aryl methyl sites for hydroxylation is 1. The minimum absolute atomic E-state index is 0.176. The number of epoxide rings is 1. The number of aliphatic hydroxyl groups is 2. The number of carbonyl (C=O) groups excluding carboxylic acids is 1. The predicted octanol–water partition coefficient (Wildman–Crippen LogP) is 2.43. The molecule has 7 atom stereocenters. The topological polar surface area (TPSA) is 92.4 Å². The Balaban J connectivity index is 1.64. The van der Waals surface area contributed by atoms with E-state index in [1.807, 2.05) is 13.8 Å². The van der Waals surface area contributed by atoms with E-state index in [9.17, 15) is 15.0 Å². The fraction of sp³-hybridized carbons (Fsp3) is 0.750. The molecule has 2 heterocycles. The molecule has 1 aromatic rings. The third kappa shape index (κ3) is 2.31. The van der Waals surface area contributed by atoms with Gasteiger partial charge in [0.1, 0.15) is 17.5 Å². The van der Waals surface area contributed by atoms with Gasteiger partial charge in [-0.15, -0.1) is 0 Å². The van der Waals surface area contributed by atoms with E-state index in [2.05, 4.69) is 6.92 Å². The van der Waals surface area contributed by atoms with Crippen LogP contribution >= 0.6 is 0 Å². The molecule has 26 heavy (non-hydrogen) atoms. The molecule has 6 nitrogen and oxygen atoms in total. The second kappa shape index (κ2) is 5.33. The Morgan fingerprint density at radius 1 is 1.35 bits per heavy atom. The molecule has 1 saturated carbocycles. The van der Waals surface area contributed by atoms with Gasteiger partial charge in [0, 0.05) is 17.9 Å². The average molecular weight is 364 g/mol. The Bertz CT molecular complexity index is 751. The third-order valence-corrected chi connectivity index (χ3v) is 7.08. The molecule has 2 fully saturated rings. The molecule has 7 unspecified atom stereocenters. The maximum Gasteiger partial charge on any atom is 0.341 e. The van der Waals surface area contributed by atoms with Gasteiger partial charge >= 0.3 is 5.97 Å². The number of rotatable bonds is 2. The summed E-state index contributed by atoms with van der Waals surface area (Å²) in [6.07, 6.45) is 1.88. The first-order valence-electron chi connectivity index (χ1n) is 9.37. The summed E-state index contributed by atoms with van der Waals surface area (Å²) in [6, 6.07) is 0. The van der Waals surface area contributed by atoms with Crippen molar-refractivity contribution in [1.82, 2.24) is 0 Å².